The fourth-order valence-corrected chi connectivity index (χ4v) is 3.78. The molecule has 0 aliphatic carbocycles. The molecule has 0 atom stereocenters. The first-order valence-corrected chi connectivity index (χ1v) is 12.1. The van der Waals surface area contributed by atoms with E-state index in [2.05, 4.69) is 6.92 Å². The maximum absolute atomic E-state index is 11.7. The summed E-state index contributed by atoms with van der Waals surface area (Å²) in [6.07, 6.45) is 3.04. The van der Waals surface area contributed by atoms with Crippen molar-refractivity contribution in [3.05, 3.63) is 76.9 Å². The molecule has 0 amide bonds. The van der Waals surface area contributed by atoms with Gasteiger partial charge in [-0.1, -0.05) is 26.3 Å². The summed E-state index contributed by atoms with van der Waals surface area (Å²) in [6, 6.07) is 15.1. The van der Waals surface area contributed by atoms with E-state index in [1.54, 1.807) is 24.3 Å². The molecule has 0 heterocycles. The summed E-state index contributed by atoms with van der Waals surface area (Å²) >= 11 is 0. The number of Topliss-reactive ketones (excluding diaryl/α,β-unsaturated/α-hetero) is 1. The smallest absolute Gasteiger partial charge is 0.335 e. The summed E-state index contributed by atoms with van der Waals surface area (Å²) in [7, 11) is 0. The van der Waals surface area contributed by atoms with Crippen LogP contribution in [0.1, 0.15) is 65.5 Å². The monoisotopic (exact) mass is 492 g/mol. The molecule has 0 spiro atoms. The molecule has 190 valence electrons. The van der Waals surface area contributed by atoms with Crippen molar-refractivity contribution >= 4 is 11.8 Å². The SMILES string of the molecule is CCCc1cc(Oc2cccc(C(=O)O)c2)ccc1OCCCOc1cc(O)c(C(C)=O)cc1CC. The van der Waals surface area contributed by atoms with E-state index in [-0.39, 0.29) is 17.1 Å². The Kier molecular flexibility index (Phi) is 9.33. The number of ketones is 1. The first kappa shape index (κ1) is 26.6. The summed E-state index contributed by atoms with van der Waals surface area (Å²) in [5.74, 6) is 1.13. The van der Waals surface area contributed by atoms with Gasteiger partial charge in [0.25, 0.3) is 0 Å². The average molecular weight is 493 g/mol. The number of aromatic hydroxyl groups is 1. The molecule has 3 rings (SSSR count). The minimum Gasteiger partial charge on any atom is -0.507 e. The fraction of sp³-hybridized carbons (Fsp3) is 0.310. The van der Waals surface area contributed by atoms with Crippen molar-refractivity contribution in [2.45, 2.75) is 46.5 Å². The van der Waals surface area contributed by atoms with E-state index < -0.39 is 5.97 Å². The van der Waals surface area contributed by atoms with Gasteiger partial charge in [-0.25, -0.2) is 4.79 Å². The number of aryl methyl sites for hydroxylation is 2. The number of carbonyl (C=O) groups excluding carboxylic acids is 1. The van der Waals surface area contributed by atoms with Gasteiger partial charge in [0.05, 0.1) is 24.3 Å². The van der Waals surface area contributed by atoms with E-state index in [1.165, 1.54) is 25.1 Å². The maximum Gasteiger partial charge on any atom is 0.335 e. The molecule has 0 bridgehead atoms. The Bertz CT molecular complexity index is 1220. The molecule has 36 heavy (non-hydrogen) atoms. The van der Waals surface area contributed by atoms with Gasteiger partial charge in [0.1, 0.15) is 28.7 Å². The molecule has 0 fully saturated rings. The first-order chi connectivity index (χ1) is 17.3. The molecule has 3 aromatic rings. The third-order valence-corrected chi connectivity index (χ3v) is 5.61. The van der Waals surface area contributed by atoms with Crippen LogP contribution in [0.3, 0.4) is 0 Å². The van der Waals surface area contributed by atoms with Gasteiger partial charge in [0, 0.05) is 12.5 Å². The largest absolute Gasteiger partial charge is 0.507 e. The number of phenolic OH excluding ortho intramolecular Hbond substituents is 1. The normalized spacial score (nSPS) is 10.6. The third-order valence-electron chi connectivity index (χ3n) is 5.61. The lowest BCUT2D eigenvalue weighted by Gasteiger charge is -2.15. The first-order valence-electron chi connectivity index (χ1n) is 12.1. The van der Waals surface area contributed by atoms with Gasteiger partial charge in [-0.3, -0.25) is 4.79 Å². The van der Waals surface area contributed by atoms with Crippen LogP contribution in [0.4, 0.5) is 0 Å². The highest BCUT2D eigenvalue weighted by molar-refractivity contribution is 5.97. The Hall–Kier alpha value is -4.00. The zero-order chi connectivity index (χ0) is 26.1. The Labute approximate surface area is 211 Å². The molecule has 0 saturated heterocycles. The van der Waals surface area contributed by atoms with E-state index in [9.17, 15) is 19.8 Å². The number of carboxylic acid groups (broad SMARTS) is 1. The van der Waals surface area contributed by atoms with Crippen LogP contribution in [0.2, 0.25) is 0 Å². The van der Waals surface area contributed by atoms with Gasteiger partial charge in [0.2, 0.25) is 0 Å². The van der Waals surface area contributed by atoms with E-state index >= 15 is 0 Å². The van der Waals surface area contributed by atoms with Crippen molar-refractivity contribution < 1.29 is 34.0 Å². The highest BCUT2D eigenvalue weighted by atomic mass is 16.5. The number of rotatable bonds is 13. The Morgan fingerprint density at radius 3 is 2.25 bits per heavy atom. The number of carboxylic acids is 1. The second-order valence-electron chi connectivity index (χ2n) is 8.39. The zero-order valence-electron chi connectivity index (χ0n) is 20.9. The summed E-state index contributed by atoms with van der Waals surface area (Å²) in [5, 5.41) is 19.3. The Morgan fingerprint density at radius 2 is 1.58 bits per heavy atom. The van der Waals surface area contributed by atoms with Crippen molar-refractivity contribution in [1.29, 1.82) is 0 Å². The van der Waals surface area contributed by atoms with Crippen molar-refractivity contribution in [2.75, 3.05) is 13.2 Å². The van der Waals surface area contributed by atoms with Gasteiger partial charge >= 0.3 is 5.97 Å². The van der Waals surface area contributed by atoms with E-state index in [4.69, 9.17) is 14.2 Å². The van der Waals surface area contributed by atoms with Crippen LogP contribution in [-0.2, 0) is 12.8 Å². The molecule has 0 aromatic heterocycles. The maximum atomic E-state index is 11.7. The Morgan fingerprint density at radius 1 is 0.861 bits per heavy atom. The van der Waals surface area contributed by atoms with Crippen molar-refractivity contribution in [3.63, 3.8) is 0 Å². The van der Waals surface area contributed by atoms with Gasteiger partial charge in [0.15, 0.2) is 5.78 Å². The summed E-state index contributed by atoms with van der Waals surface area (Å²) in [5.41, 5.74) is 2.34. The van der Waals surface area contributed by atoms with Gasteiger partial charge in [-0.15, -0.1) is 0 Å². The number of carbonyl (C=O) groups is 2. The lowest BCUT2D eigenvalue weighted by Crippen LogP contribution is -2.08. The van der Waals surface area contributed by atoms with Gasteiger partial charge < -0.3 is 24.4 Å². The number of phenols is 1. The van der Waals surface area contributed by atoms with Gasteiger partial charge in [-0.05, 0) is 73.4 Å². The molecule has 0 aliphatic rings. The van der Waals surface area contributed by atoms with E-state index in [1.807, 2.05) is 19.1 Å². The van der Waals surface area contributed by atoms with Crippen molar-refractivity contribution in [2.24, 2.45) is 0 Å². The highest BCUT2D eigenvalue weighted by Gasteiger charge is 2.13. The van der Waals surface area contributed by atoms with Crippen molar-refractivity contribution in [3.8, 4) is 28.7 Å². The summed E-state index contributed by atoms with van der Waals surface area (Å²) < 4.78 is 17.7. The molecular formula is C29H32O7. The third kappa shape index (κ3) is 7.01. The number of hydrogen-bond donors (Lipinski definition) is 2. The van der Waals surface area contributed by atoms with Crippen LogP contribution in [0, 0.1) is 0 Å². The van der Waals surface area contributed by atoms with Crippen LogP contribution in [-0.4, -0.2) is 35.2 Å². The molecule has 0 radical (unpaired) electrons. The molecule has 0 saturated carbocycles. The van der Waals surface area contributed by atoms with Crippen molar-refractivity contribution in [1.82, 2.24) is 0 Å². The quantitative estimate of drug-likeness (QED) is 0.209. The van der Waals surface area contributed by atoms with Gasteiger partial charge in [-0.2, -0.15) is 0 Å². The van der Waals surface area contributed by atoms with Crippen LogP contribution in [0.5, 0.6) is 28.7 Å². The molecule has 2 N–H and O–H groups in total. The minimum atomic E-state index is -1.00. The highest BCUT2D eigenvalue weighted by Crippen LogP contribution is 2.31. The van der Waals surface area contributed by atoms with Crippen LogP contribution >= 0.6 is 0 Å². The van der Waals surface area contributed by atoms with Crippen LogP contribution < -0.4 is 14.2 Å². The zero-order valence-corrected chi connectivity index (χ0v) is 20.9. The lowest BCUT2D eigenvalue weighted by molar-refractivity contribution is 0.0696. The average Bonchev–Trinajstić information content (AvgIpc) is 2.85. The topological polar surface area (TPSA) is 102 Å². The number of benzene rings is 3. The molecule has 0 unspecified atom stereocenters. The second kappa shape index (κ2) is 12.6. The number of aromatic carboxylic acids is 1. The van der Waals surface area contributed by atoms with Crippen LogP contribution in [0.25, 0.3) is 0 Å². The molecule has 0 aliphatic heterocycles. The number of ether oxygens (including phenoxy) is 3. The molecule has 3 aromatic carbocycles. The lowest BCUT2D eigenvalue weighted by atomic mass is 10.0. The van der Waals surface area contributed by atoms with E-state index in [0.717, 1.165) is 29.7 Å². The summed E-state index contributed by atoms with van der Waals surface area (Å²) in [4.78, 5) is 22.9. The standard InChI is InChI=1S/C29H32O7/c1-4-8-21-15-24(36-23-10-6-9-22(16-23)29(32)33)11-12-27(21)34-13-7-14-35-28-18-26(31)25(19(3)30)17-20(28)5-2/h6,9-12,15-18,31H,4-5,7-8,13-14H2,1-3H3,(H,32,33). The second-order valence-corrected chi connectivity index (χ2v) is 8.39. The predicted octanol–water partition coefficient (Wildman–Crippen LogP) is 6.45. The van der Waals surface area contributed by atoms with Crippen LogP contribution in [0.15, 0.2) is 54.6 Å². The fourth-order valence-electron chi connectivity index (χ4n) is 3.78. The predicted molar refractivity (Wildman–Crippen MR) is 137 cm³/mol. The molecule has 7 nitrogen and oxygen atoms in total. The molecule has 7 heteroatoms. The Balaban J connectivity index is 1.59. The molecular weight excluding hydrogens is 460 g/mol. The summed E-state index contributed by atoms with van der Waals surface area (Å²) in [6.45, 7) is 6.32. The minimum absolute atomic E-state index is 0.0767. The number of hydrogen-bond acceptors (Lipinski definition) is 6. The van der Waals surface area contributed by atoms with E-state index in [0.29, 0.717) is 48.9 Å².